The zero-order valence-corrected chi connectivity index (χ0v) is 16.3. The van der Waals surface area contributed by atoms with Gasteiger partial charge in [0.15, 0.2) is 5.65 Å². The molecule has 1 N–H and O–H groups in total. The Morgan fingerprint density at radius 2 is 2.12 bits per heavy atom. The largest absolute Gasteiger partial charge is 0.381 e. The number of aromatic nitrogens is 3. The number of rotatable bonds is 9. The maximum Gasteiger partial charge on any atom is 0.252 e. The Hall–Kier alpha value is -1.95. The molecule has 0 atom stereocenters. The summed E-state index contributed by atoms with van der Waals surface area (Å²) in [7, 11) is 0. The first-order chi connectivity index (χ1) is 12.5. The number of nitrogens with one attached hydrogen (secondary N) is 1. The molecule has 1 aliphatic rings. The van der Waals surface area contributed by atoms with Crippen molar-refractivity contribution in [1.82, 2.24) is 20.1 Å². The Kier molecular flexibility index (Phi) is 5.91. The first-order valence-corrected chi connectivity index (χ1v) is 9.71. The van der Waals surface area contributed by atoms with Gasteiger partial charge in [0.05, 0.1) is 17.1 Å². The highest BCUT2D eigenvalue weighted by Gasteiger charge is 2.21. The summed E-state index contributed by atoms with van der Waals surface area (Å²) < 4.78 is 7.50. The molecule has 0 saturated heterocycles. The lowest BCUT2D eigenvalue weighted by Gasteiger charge is -2.12. The van der Waals surface area contributed by atoms with Gasteiger partial charge in [0.1, 0.15) is 0 Å². The predicted molar refractivity (Wildman–Crippen MR) is 102 cm³/mol. The van der Waals surface area contributed by atoms with E-state index in [-0.39, 0.29) is 17.9 Å². The van der Waals surface area contributed by atoms with Crippen LogP contribution in [0.25, 0.3) is 11.0 Å². The van der Waals surface area contributed by atoms with Gasteiger partial charge in [-0.3, -0.25) is 4.79 Å². The molecule has 142 valence electrons. The van der Waals surface area contributed by atoms with Crippen molar-refractivity contribution in [2.24, 2.45) is 5.92 Å². The van der Waals surface area contributed by atoms with Crippen LogP contribution in [0.15, 0.2) is 12.3 Å². The standard InChI is InChI=1S/C20H30N4O2/c1-13(2)18-10-16(17-11-22-24(14(3)4)19(17)23-18)20(25)21-8-5-9-26-12-15-6-7-15/h10-11,13-15H,5-9,12H2,1-4H3,(H,21,25). The fourth-order valence-corrected chi connectivity index (χ4v) is 2.90. The second-order valence-corrected chi connectivity index (χ2v) is 7.80. The maximum atomic E-state index is 12.7. The van der Waals surface area contributed by atoms with Crippen LogP contribution in [0.4, 0.5) is 0 Å². The van der Waals surface area contributed by atoms with Crippen molar-refractivity contribution >= 4 is 16.9 Å². The number of pyridine rings is 1. The number of hydrogen-bond donors (Lipinski definition) is 1. The van der Waals surface area contributed by atoms with Crippen molar-refractivity contribution in [1.29, 1.82) is 0 Å². The monoisotopic (exact) mass is 358 g/mol. The van der Waals surface area contributed by atoms with E-state index < -0.39 is 0 Å². The summed E-state index contributed by atoms with van der Waals surface area (Å²) in [6.45, 7) is 10.5. The minimum atomic E-state index is -0.0650. The molecule has 6 nitrogen and oxygen atoms in total. The van der Waals surface area contributed by atoms with E-state index in [0.29, 0.717) is 18.7 Å². The molecule has 0 unspecified atom stereocenters. The number of carbonyl (C=O) groups is 1. The molecule has 0 bridgehead atoms. The number of fused-ring (bicyclic) bond motifs is 1. The van der Waals surface area contributed by atoms with Crippen LogP contribution in [0.2, 0.25) is 0 Å². The molecule has 1 aliphatic carbocycles. The Morgan fingerprint density at radius 3 is 2.77 bits per heavy atom. The lowest BCUT2D eigenvalue weighted by atomic mass is 10.0. The van der Waals surface area contributed by atoms with Crippen LogP contribution in [0.5, 0.6) is 0 Å². The smallest absolute Gasteiger partial charge is 0.252 e. The van der Waals surface area contributed by atoms with E-state index in [1.54, 1.807) is 6.20 Å². The summed E-state index contributed by atoms with van der Waals surface area (Å²) >= 11 is 0. The van der Waals surface area contributed by atoms with Crippen LogP contribution < -0.4 is 5.32 Å². The molecule has 2 aromatic rings. The van der Waals surface area contributed by atoms with Crippen LogP contribution in [-0.2, 0) is 4.74 Å². The summed E-state index contributed by atoms with van der Waals surface area (Å²) in [5, 5.41) is 8.26. The van der Waals surface area contributed by atoms with E-state index in [9.17, 15) is 4.79 Å². The first kappa shape index (κ1) is 18.8. The fraction of sp³-hybridized carbons (Fsp3) is 0.650. The molecular weight excluding hydrogens is 328 g/mol. The van der Waals surface area contributed by atoms with E-state index in [1.165, 1.54) is 12.8 Å². The highest BCUT2D eigenvalue weighted by molar-refractivity contribution is 6.05. The zero-order chi connectivity index (χ0) is 18.7. The van der Waals surface area contributed by atoms with Crippen LogP contribution in [-0.4, -0.2) is 40.4 Å². The molecule has 6 heteroatoms. The van der Waals surface area contributed by atoms with E-state index >= 15 is 0 Å². The van der Waals surface area contributed by atoms with Crippen LogP contribution in [0.1, 0.15) is 75.0 Å². The molecule has 1 saturated carbocycles. The Balaban J connectivity index is 1.69. The molecule has 0 radical (unpaired) electrons. The highest BCUT2D eigenvalue weighted by atomic mass is 16.5. The quantitative estimate of drug-likeness (QED) is 0.694. The summed E-state index contributed by atoms with van der Waals surface area (Å²) in [5.74, 6) is 0.962. The number of nitrogens with zero attached hydrogens (tertiary/aromatic N) is 3. The van der Waals surface area contributed by atoms with Crippen LogP contribution >= 0.6 is 0 Å². The Morgan fingerprint density at radius 1 is 1.35 bits per heavy atom. The molecule has 0 aliphatic heterocycles. The summed E-state index contributed by atoms with van der Waals surface area (Å²) in [6, 6.07) is 2.10. The van der Waals surface area contributed by atoms with Crippen molar-refractivity contribution in [2.75, 3.05) is 19.8 Å². The minimum Gasteiger partial charge on any atom is -0.381 e. The van der Waals surface area contributed by atoms with Gasteiger partial charge in [-0.1, -0.05) is 13.8 Å². The van der Waals surface area contributed by atoms with Gasteiger partial charge in [-0.15, -0.1) is 0 Å². The zero-order valence-electron chi connectivity index (χ0n) is 16.3. The molecule has 2 aromatic heterocycles. The van der Waals surface area contributed by atoms with Crippen molar-refractivity contribution in [3.05, 3.63) is 23.5 Å². The topological polar surface area (TPSA) is 69.0 Å². The van der Waals surface area contributed by atoms with Gasteiger partial charge in [-0.05, 0) is 51.0 Å². The minimum absolute atomic E-state index is 0.0650. The highest BCUT2D eigenvalue weighted by Crippen LogP contribution is 2.28. The molecule has 0 spiro atoms. The number of ether oxygens (including phenoxy) is 1. The summed E-state index contributed by atoms with van der Waals surface area (Å²) in [6.07, 6.45) is 5.18. The van der Waals surface area contributed by atoms with Gasteiger partial charge >= 0.3 is 0 Å². The van der Waals surface area contributed by atoms with Gasteiger partial charge in [0.25, 0.3) is 5.91 Å². The third-order valence-corrected chi connectivity index (χ3v) is 4.71. The van der Waals surface area contributed by atoms with E-state index in [4.69, 9.17) is 9.72 Å². The average molecular weight is 358 g/mol. The molecule has 0 aromatic carbocycles. The molecule has 26 heavy (non-hydrogen) atoms. The summed E-state index contributed by atoms with van der Waals surface area (Å²) in [4.78, 5) is 17.5. The first-order valence-electron chi connectivity index (χ1n) is 9.71. The van der Waals surface area contributed by atoms with Gasteiger partial charge in [-0.25, -0.2) is 9.67 Å². The lowest BCUT2D eigenvalue weighted by Crippen LogP contribution is -2.26. The van der Waals surface area contributed by atoms with E-state index in [2.05, 4.69) is 38.1 Å². The van der Waals surface area contributed by atoms with Crippen molar-refractivity contribution in [3.8, 4) is 0 Å². The second-order valence-electron chi connectivity index (χ2n) is 7.80. The third-order valence-electron chi connectivity index (χ3n) is 4.71. The molecule has 3 rings (SSSR count). The molecule has 1 fully saturated rings. The average Bonchev–Trinajstić information content (AvgIpc) is 3.32. The third kappa shape index (κ3) is 4.41. The molecule has 2 heterocycles. The maximum absolute atomic E-state index is 12.7. The van der Waals surface area contributed by atoms with Crippen molar-refractivity contribution < 1.29 is 9.53 Å². The van der Waals surface area contributed by atoms with E-state index in [0.717, 1.165) is 35.7 Å². The molecular formula is C20H30N4O2. The van der Waals surface area contributed by atoms with Crippen LogP contribution in [0.3, 0.4) is 0 Å². The normalized spacial score (nSPS) is 14.5. The SMILES string of the molecule is CC(C)c1cc(C(=O)NCCCOCC2CC2)c2cnn(C(C)C)c2n1. The van der Waals surface area contributed by atoms with Gasteiger partial charge in [-0.2, -0.15) is 5.10 Å². The summed E-state index contributed by atoms with van der Waals surface area (Å²) in [5.41, 5.74) is 2.35. The lowest BCUT2D eigenvalue weighted by molar-refractivity contribution is 0.0939. The van der Waals surface area contributed by atoms with Crippen molar-refractivity contribution in [3.63, 3.8) is 0 Å². The van der Waals surface area contributed by atoms with Gasteiger partial charge in [0, 0.05) is 31.5 Å². The Labute approximate surface area is 155 Å². The van der Waals surface area contributed by atoms with Gasteiger partial charge < -0.3 is 10.1 Å². The van der Waals surface area contributed by atoms with Gasteiger partial charge in [0.2, 0.25) is 0 Å². The van der Waals surface area contributed by atoms with E-state index in [1.807, 2.05) is 10.7 Å². The molecule has 1 amide bonds. The number of amides is 1. The predicted octanol–water partition coefficient (Wildman–Crippen LogP) is 3.68. The second kappa shape index (κ2) is 8.16. The fourth-order valence-electron chi connectivity index (χ4n) is 2.90. The number of carbonyl (C=O) groups excluding carboxylic acids is 1. The van der Waals surface area contributed by atoms with Crippen molar-refractivity contribution in [2.45, 2.75) is 58.9 Å². The van der Waals surface area contributed by atoms with Crippen LogP contribution in [0, 0.1) is 5.92 Å². The Bertz CT molecular complexity index is 763. The number of hydrogen-bond acceptors (Lipinski definition) is 4.